The fourth-order valence-corrected chi connectivity index (χ4v) is 6.71. The Hall–Kier alpha value is -5.82. The fraction of sp³-hybridized carbons (Fsp3) is 0.231. The van der Waals surface area contributed by atoms with Gasteiger partial charge in [-0.3, -0.25) is 19.1 Å². The molecule has 7 rings (SSSR count). The Bertz CT molecular complexity index is 2120. The van der Waals surface area contributed by atoms with Gasteiger partial charge >= 0.3 is 0 Å². The number of benzene rings is 4. The van der Waals surface area contributed by atoms with Crippen molar-refractivity contribution in [3.05, 3.63) is 148 Å². The molecule has 1 unspecified atom stereocenters. The maximum atomic E-state index is 14.7. The molecule has 51 heavy (non-hydrogen) atoms. The van der Waals surface area contributed by atoms with Gasteiger partial charge in [-0.05, 0) is 46.5 Å². The summed E-state index contributed by atoms with van der Waals surface area (Å²) in [7, 11) is 3.19. The van der Waals surface area contributed by atoms with Gasteiger partial charge < -0.3 is 29.8 Å². The van der Waals surface area contributed by atoms with Crippen LogP contribution >= 0.6 is 0 Å². The van der Waals surface area contributed by atoms with Gasteiger partial charge in [0.2, 0.25) is 5.95 Å². The third-order valence-electron chi connectivity index (χ3n) is 9.21. The third-order valence-corrected chi connectivity index (χ3v) is 9.21. The summed E-state index contributed by atoms with van der Waals surface area (Å²) in [6, 6.07) is 33.9. The lowest BCUT2D eigenvalue weighted by Gasteiger charge is -2.40. The summed E-state index contributed by atoms with van der Waals surface area (Å²) in [5.74, 6) is 0.896. The molecule has 1 saturated heterocycles. The topological polar surface area (TPSA) is 164 Å². The minimum atomic E-state index is -1.39. The number of hydrogen-bond acceptors (Lipinski definition) is 10. The van der Waals surface area contributed by atoms with E-state index >= 15 is 0 Å². The molecule has 4 aromatic carbocycles. The highest BCUT2D eigenvalue weighted by molar-refractivity contribution is 5.86. The molecule has 0 aliphatic carbocycles. The predicted molar refractivity (Wildman–Crippen MR) is 189 cm³/mol. The van der Waals surface area contributed by atoms with E-state index in [9.17, 15) is 14.7 Å². The van der Waals surface area contributed by atoms with Crippen molar-refractivity contribution in [2.24, 2.45) is 0 Å². The number of nitrogen functional groups attached to an aromatic ring is 1. The zero-order chi connectivity index (χ0) is 35.5. The highest BCUT2D eigenvalue weighted by Gasteiger charge is 2.49. The van der Waals surface area contributed by atoms with Gasteiger partial charge in [0, 0.05) is 12.8 Å². The van der Waals surface area contributed by atoms with Crippen LogP contribution in [0.1, 0.15) is 34.9 Å². The molecule has 1 aliphatic rings. The number of aliphatic hydroxyl groups is 1. The monoisotopic (exact) mass is 687 g/mol. The normalized spacial score (nSPS) is 18.1. The molecule has 0 radical (unpaired) electrons. The predicted octanol–water partition coefficient (Wildman–Crippen LogP) is 4.56. The Morgan fingerprint density at radius 3 is 2.08 bits per heavy atom. The van der Waals surface area contributed by atoms with E-state index in [4.69, 9.17) is 24.7 Å². The minimum Gasteiger partial charge on any atom is -0.497 e. The number of aliphatic hydroxyl groups excluding tert-OH is 1. The number of aromatic amines is 1. The molecule has 1 aliphatic heterocycles. The number of H-pyrrole nitrogens is 1. The van der Waals surface area contributed by atoms with Gasteiger partial charge in [0.15, 0.2) is 16.9 Å². The van der Waals surface area contributed by atoms with E-state index in [1.165, 1.54) is 6.33 Å². The summed E-state index contributed by atoms with van der Waals surface area (Å²) in [5.41, 5.74) is 7.17. The number of nitrogens with zero attached hydrogens (tertiary/aromatic N) is 3. The van der Waals surface area contributed by atoms with Crippen LogP contribution in [0.25, 0.3) is 11.2 Å². The van der Waals surface area contributed by atoms with Crippen molar-refractivity contribution in [2.75, 3.05) is 20.0 Å². The molecule has 3 heterocycles. The van der Waals surface area contributed by atoms with Crippen molar-refractivity contribution in [3.8, 4) is 11.5 Å². The van der Waals surface area contributed by atoms with Gasteiger partial charge in [0.1, 0.15) is 35.5 Å². The number of carbonyl (C=O) groups is 1. The first-order chi connectivity index (χ1) is 24.8. The van der Waals surface area contributed by atoms with Gasteiger partial charge in [-0.2, -0.15) is 4.98 Å². The Balaban J connectivity index is 1.38. The lowest BCUT2D eigenvalue weighted by molar-refractivity contribution is -0.165. The molecule has 0 amide bonds. The highest BCUT2D eigenvalue weighted by atomic mass is 16.6. The Labute approximate surface area is 293 Å². The van der Waals surface area contributed by atoms with Crippen molar-refractivity contribution in [2.45, 2.75) is 43.0 Å². The van der Waals surface area contributed by atoms with E-state index in [-0.39, 0.29) is 35.7 Å². The Kier molecular flexibility index (Phi) is 9.37. The molecule has 0 spiro atoms. The summed E-state index contributed by atoms with van der Waals surface area (Å²) in [6.45, 7) is 0. The summed E-state index contributed by atoms with van der Waals surface area (Å²) >= 11 is 0. The van der Waals surface area contributed by atoms with Gasteiger partial charge in [0.25, 0.3) is 5.56 Å². The molecule has 12 nitrogen and oxygen atoms in total. The summed E-state index contributed by atoms with van der Waals surface area (Å²) in [4.78, 5) is 38.1. The van der Waals surface area contributed by atoms with Crippen LogP contribution in [-0.4, -0.2) is 62.9 Å². The third kappa shape index (κ3) is 6.47. The molecule has 0 bridgehead atoms. The van der Waals surface area contributed by atoms with E-state index in [1.807, 2.05) is 109 Å². The standard InChI is InChI=1S/C39H37N5O7/c1-48-28-17-13-26(14-18-28)39(25-11-7-4-8-12-25,27-15-19-29(49-2)20-16-27)51-35(30(45)21-24-9-5-3-6-10-24)34-31(46)22-32(50-34)44-23-41-33-36(44)42-38(40)43-37(33)47/h3-20,23,31-32,34-35,46H,21-22H2,1-2H3,(H3,40,42,43,47)/t31-,32+,34-,35?/m0/s1. The quantitative estimate of drug-likeness (QED) is 0.156. The number of ether oxygens (including phenoxy) is 4. The Morgan fingerprint density at radius 2 is 1.49 bits per heavy atom. The average molecular weight is 688 g/mol. The van der Waals surface area contributed by atoms with E-state index in [2.05, 4.69) is 15.0 Å². The number of anilines is 1. The number of nitrogens with two attached hydrogens (primary N) is 1. The number of ketones is 1. The number of methoxy groups -OCH3 is 2. The summed E-state index contributed by atoms with van der Waals surface area (Å²) < 4.78 is 26.4. The summed E-state index contributed by atoms with van der Waals surface area (Å²) in [6.07, 6.45) is -2.94. The molecule has 4 atom stereocenters. The number of carbonyl (C=O) groups excluding carboxylic acids is 1. The molecular weight excluding hydrogens is 650 g/mol. The first-order valence-electron chi connectivity index (χ1n) is 16.5. The van der Waals surface area contributed by atoms with Crippen LogP contribution in [0.2, 0.25) is 0 Å². The second-order valence-corrected chi connectivity index (χ2v) is 12.3. The molecular formula is C39H37N5O7. The van der Waals surface area contributed by atoms with Crippen LogP contribution in [0.3, 0.4) is 0 Å². The van der Waals surface area contributed by atoms with Gasteiger partial charge in [-0.1, -0.05) is 84.9 Å². The number of hydrogen-bond donors (Lipinski definition) is 3. The lowest BCUT2D eigenvalue weighted by atomic mass is 9.79. The second-order valence-electron chi connectivity index (χ2n) is 12.3. The molecule has 4 N–H and O–H groups in total. The number of rotatable bonds is 12. The SMILES string of the molecule is COc1ccc(C(OC(C(=O)Cc2ccccc2)[C@H]2O[C@@H](n3cnc4c(=O)[nH]c(N)nc43)C[C@@H]2O)(c2ccccc2)c2ccc(OC)cc2)cc1. The van der Waals surface area contributed by atoms with Crippen LogP contribution in [0, 0.1) is 0 Å². The van der Waals surface area contributed by atoms with Crippen molar-refractivity contribution >= 4 is 22.9 Å². The van der Waals surface area contributed by atoms with Crippen molar-refractivity contribution < 1.29 is 28.8 Å². The van der Waals surface area contributed by atoms with Gasteiger partial charge in [0.05, 0.1) is 26.7 Å². The van der Waals surface area contributed by atoms with Crippen LogP contribution in [0.5, 0.6) is 11.5 Å². The highest BCUT2D eigenvalue weighted by Crippen LogP contribution is 2.45. The zero-order valence-corrected chi connectivity index (χ0v) is 28.0. The van der Waals surface area contributed by atoms with Crippen molar-refractivity contribution in [3.63, 3.8) is 0 Å². The van der Waals surface area contributed by atoms with Crippen molar-refractivity contribution in [1.29, 1.82) is 0 Å². The van der Waals surface area contributed by atoms with E-state index in [0.717, 1.165) is 11.1 Å². The fourth-order valence-electron chi connectivity index (χ4n) is 6.71. The number of aromatic nitrogens is 4. The van der Waals surface area contributed by atoms with Gasteiger partial charge in [-0.15, -0.1) is 0 Å². The number of Topliss-reactive ketones (excluding diaryl/α,β-unsaturated/α-hetero) is 1. The van der Waals surface area contributed by atoms with Crippen molar-refractivity contribution in [1.82, 2.24) is 19.5 Å². The first kappa shape index (κ1) is 33.7. The molecule has 260 valence electrons. The van der Waals surface area contributed by atoms with E-state index in [0.29, 0.717) is 22.6 Å². The van der Waals surface area contributed by atoms with E-state index in [1.54, 1.807) is 18.8 Å². The van der Waals surface area contributed by atoms with Crippen LogP contribution in [0.4, 0.5) is 5.95 Å². The maximum Gasteiger partial charge on any atom is 0.280 e. The largest absolute Gasteiger partial charge is 0.497 e. The molecule has 2 aromatic heterocycles. The van der Waals surface area contributed by atoms with Gasteiger partial charge in [-0.25, -0.2) is 4.98 Å². The molecule has 1 fully saturated rings. The number of nitrogens with one attached hydrogen (secondary N) is 1. The van der Waals surface area contributed by atoms with Crippen LogP contribution in [0.15, 0.2) is 120 Å². The zero-order valence-electron chi connectivity index (χ0n) is 28.0. The minimum absolute atomic E-state index is 0.0142. The first-order valence-corrected chi connectivity index (χ1v) is 16.5. The number of fused-ring (bicyclic) bond motifs is 1. The Morgan fingerprint density at radius 1 is 0.922 bits per heavy atom. The molecule has 6 aromatic rings. The maximum absolute atomic E-state index is 14.7. The lowest BCUT2D eigenvalue weighted by Crippen LogP contribution is -2.49. The molecule has 0 saturated carbocycles. The molecule has 12 heteroatoms. The van der Waals surface area contributed by atoms with Crippen LogP contribution in [-0.2, 0) is 26.3 Å². The summed E-state index contributed by atoms with van der Waals surface area (Å²) in [5, 5.41) is 11.7. The second kappa shape index (κ2) is 14.2. The smallest absolute Gasteiger partial charge is 0.280 e. The van der Waals surface area contributed by atoms with E-state index < -0.39 is 35.7 Å². The number of imidazole rings is 1. The average Bonchev–Trinajstić information content (AvgIpc) is 3.76. The van der Waals surface area contributed by atoms with Crippen LogP contribution < -0.4 is 20.8 Å².